The topological polar surface area (TPSA) is 98.6 Å². The van der Waals surface area contributed by atoms with E-state index in [-0.39, 0.29) is 24.4 Å². The number of aromatic nitrogens is 1. The Kier molecular flexibility index (Phi) is 5.55. The van der Waals surface area contributed by atoms with Crippen LogP contribution >= 0.6 is 0 Å². The summed E-state index contributed by atoms with van der Waals surface area (Å²) in [5, 5.41) is 3.87. The highest BCUT2D eigenvalue weighted by atomic mass is 16.3. The number of aryl methyl sites for hydroxylation is 1. The molecule has 0 spiro atoms. The molecule has 0 aliphatic carbocycles. The van der Waals surface area contributed by atoms with Gasteiger partial charge in [0.1, 0.15) is 17.8 Å². The molecule has 2 aliphatic rings. The highest BCUT2D eigenvalue weighted by molar-refractivity contribution is 6.22. The van der Waals surface area contributed by atoms with Gasteiger partial charge in [-0.25, -0.2) is 9.69 Å². The molecule has 2 atom stereocenters. The fraction of sp³-hybridized carbons (Fsp3) is 0.156. The Bertz CT molecular complexity index is 1750. The van der Waals surface area contributed by atoms with Gasteiger partial charge in [-0.2, -0.15) is 0 Å². The van der Waals surface area contributed by atoms with Crippen LogP contribution in [0.4, 0.5) is 10.5 Å². The Morgan fingerprint density at radius 1 is 0.975 bits per heavy atom. The minimum Gasteiger partial charge on any atom is -0.467 e. The zero-order chi connectivity index (χ0) is 27.4. The van der Waals surface area contributed by atoms with Gasteiger partial charge in [-0.3, -0.25) is 14.5 Å². The highest BCUT2D eigenvalue weighted by Crippen LogP contribution is 2.44. The number of H-pyrrole nitrogens is 1. The number of para-hydroxylation sites is 1. The molecule has 0 saturated carbocycles. The number of carbonyl (C=O) groups is 3. The lowest BCUT2D eigenvalue weighted by Crippen LogP contribution is -2.44. The van der Waals surface area contributed by atoms with E-state index in [0.717, 1.165) is 33.3 Å². The predicted molar refractivity (Wildman–Crippen MR) is 150 cm³/mol. The van der Waals surface area contributed by atoms with Gasteiger partial charge in [-0.05, 0) is 60.5 Å². The molecule has 198 valence electrons. The predicted octanol–water partition coefficient (Wildman–Crippen LogP) is 5.48. The second kappa shape index (κ2) is 9.27. The van der Waals surface area contributed by atoms with E-state index < -0.39 is 12.1 Å². The number of hydrogen-bond donors (Lipinski definition) is 2. The number of benzene rings is 3. The van der Waals surface area contributed by atoms with Crippen molar-refractivity contribution in [2.24, 2.45) is 0 Å². The van der Waals surface area contributed by atoms with Crippen LogP contribution in [-0.4, -0.2) is 33.8 Å². The summed E-state index contributed by atoms with van der Waals surface area (Å²) in [7, 11) is 0. The molecule has 0 unspecified atom stereocenters. The number of hydrogen-bond acceptors (Lipinski definition) is 4. The number of amides is 4. The van der Waals surface area contributed by atoms with Gasteiger partial charge in [-0.15, -0.1) is 0 Å². The van der Waals surface area contributed by atoms with Gasteiger partial charge in [0.25, 0.3) is 11.8 Å². The number of carbonyl (C=O) groups excluding carboxylic acids is 3. The Morgan fingerprint density at radius 3 is 2.50 bits per heavy atom. The van der Waals surface area contributed by atoms with Gasteiger partial charge in [0.2, 0.25) is 0 Å². The Hall–Kier alpha value is -5.11. The van der Waals surface area contributed by atoms with E-state index in [2.05, 4.69) is 16.4 Å². The standard InChI is InChI=1S/C32H26N4O4/c1-19-8-10-20(11-9-19)29-28-25(24-6-2-3-7-26(24)34-28)17-27-31(38)35(32(39)36(27)29)22-14-12-21(13-15-22)30(37)33-18-23-5-4-16-40-23/h2-16,27,29,34H,17-18H2,1H3,(H,33,37)/t27-,29-/m0/s1. The van der Waals surface area contributed by atoms with E-state index in [1.54, 1.807) is 47.6 Å². The van der Waals surface area contributed by atoms with Crippen LogP contribution in [0.15, 0.2) is 95.6 Å². The maximum Gasteiger partial charge on any atom is 0.332 e. The number of urea groups is 1. The zero-order valence-corrected chi connectivity index (χ0v) is 21.8. The van der Waals surface area contributed by atoms with Crippen molar-refractivity contribution in [3.05, 3.63) is 125 Å². The van der Waals surface area contributed by atoms with E-state index in [4.69, 9.17) is 4.42 Å². The van der Waals surface area contributed by atoms with Crippen LogP contribution in [0.3, 0.4) is 0 Å². The molecule has 1 fully saturated rings. The maximum atomic E-state index is 14.0. The Labute approximate surface area is 230 Å². The largest absolute Gasteiger partial charge is 0.467 e. The Morgan fingerprint density at radius 2 is 1.75 bits per heavy atom. The van der Waals surface area contributed by atoms with Gasteiger partial charge in [-0.1, -0.05) is 48.0 Å². The zero-order valence-electron chi connectivity index (χ0n) is 21.8. The second-order valence-corrected chi connectivity index (χ2v) is 10.3. The molecule has 0 bridgehead atoms. The molecule has 5 aromatic rings. The molecule has 8 heteroatoms. The van der Waals surface area contributed by atoms with Crippen molar-refractivity contribution in [1.82, 2.24) is 15.2 Å². The van der Waals surface area contributed by atoms with Gasteiger partial charge >= 0.3 is 6.03 Å². The van der Waals surface area contributed by atoms with Gasteiger partial charge < -0.3 is 14.7 Å². The fourth-order valence-corrected chi connectivity index (χ4v) is 5.85. The monoisotopic (exact) mass is 530 g/mol. The smallest absolute Gasteiger partial charge is 0.332 e. The second-order valence-electron chi connectivity index (χ2n) is 10.3. The first-order chi connectivity index (χ1) is 19.5. The summed E-state index contributed by atoms with van der Waals surface area (Å²) >= 11 is 0. The summed E-state index contributed by atoms with van der Waals surface area (Å²) in [6, 6.07) is 24.8. The van der Waals surface area contributed by atoms with Crippen molar-refractivity contribution in [1.29, 1.82) is 0 Å². The molecule has 0 radical (unpaired) electrons. The molecule has 2 aliphatic heterocycles. The lowest BCUT2D eigenvalue weighted by atomic mass is 9.88. The van der Waals surface area contributed by atoms with E-state index in [1.807, 2.05) is 49.4 Å². The molecular weight excluding hydrogens is 504 g/mol. The van der Waals surface area contributed by atoms with Crippen LogP contribution < -0.4 is 10.2 Å². The molecule has 4 amide bonds. The van der Waals surface area contributed by atoms with E-state index in [1.165, 1.54) is 4.90 Å². The molecule has 3 aromatic carbocycles. The summed E-state index contributed by atoms with van der Waals surface area (Å²) in [6.07, 6.45) is 1.98. The summed E-state index contributed by atoms with van der Waals surface area (Å²) in [6.45, 7) is 2.29. The third-order valence-corrected chi connectivity index (χ3v) is 7.83. The number of nitrogens with one attached hydrogen (secondary N) is 2. The quantitative estimate of drug-likeness (QED) is 0.294. The first kappa shape index (κ1) is 24.0. The average Bonchev–Trinajstić information content (AvgIpc) is 3.69. The lowest BCUT2D eigenvalue weighted by Gasteiger charge is -2.36. The molecule has 4 heterocycles. The first-order valence-corrected chi connectivity index (χ1v) is 13.2. The van der Waals surface area contributed by atoms with Crippen LogP contribution in [0.1, 0.15) is 44.5 Å². The SMILES string of the molecule is Cc1ccc([C@H]2c3[nH]c4ccccc4c3C[C@H]3C(=O)N(c4ccc(C(=O)NCc5ccco5)cc4)C(=O)N23)cc1. The first-order valence-electron chi connectivity index (χ1n) is 13.2. The van der Waals surface area contributed by atoms with Crippen molar-refractivity contribution in [3.63, 3.8) is 0 Å². The molecule has 2 N–H and O–H groups in total. The van der Waals surface area contributed by atoms with Crippen molar-refractivity contribution in [2.75, 3.05) is 4.90 Å². The summed E-state index contributed by atoms with van der Waals surface area (Å²) < 4.78 is 5.26. The number of aromatic amines is 1. The maximum absolute atomic E-state index is 14.0. The van der Waals surface area contributed by atoms with E-state index >= 15 is 0 Å². The third kappa shape index (κ3) is 3.79. The third-order valence-electron chi connectivity index (χ3n) is 7.83. The summed E-state index contributed by atoms with van der Waals surface area (Å²) in [5.41, 5.74) is 5.90. The van der Waals surface area contributed by atoms with Crippen LogP contribution in [0.5, 0.6) is 0 Å². The van der Waals surface area contributed by atoms with Crippen molar-refractivity contribution >= 4 is 34.4 Å². The molecule has 40 heavy (non-hydrogen) atoms. The van der Waals surface area contributed by atoms with Crippen LogP contribution in [0.25, 0.3) is 10.9 Å². The van der Waals surface area contributed by atoms with Gasteiger partial charge in [0.15, 0.2) is 0 Å². The fourth-order valence-electron chi connectivity index (χ4n) is 5.85. The number of furan rings is 1. The summed E-state index contributed by atoms with van der Waals surface area (Å²) in [4.78, 5) is 47.0. The minimum atomic E-state index is -0.637. The number of fused-ring (bicyclic) bond motifs is 4. The molecule has 7 rings (SSSR count). The molecular formula is C32H26N4O4. The van der Waals surface area contributed by atoms with Crippen molar-refractivity contribution in [2.45, 2.75) is 32.0 Å². The van der Waals surface area contributed by atoms with Crippen molar-refractivity contribution in [3.8, 4) is 0 Å². The normalized spacial score (nSPS) is 18.2. The molecule has 8 nitrogen and oxygen atoms in total. The van der Waals surface area contributed by atoms with E-state index in [0.29, 0.717) is 23.4 Å². The number of nitrogens with zero attached hydrogens (tertiary/aromatic N) is 2. The van der Waals surface area contributed by atoms with Gasteiger partial charge in [0.05, 0.1) is 18.5 Å². The van der Waals surface area contributed by atoms with Gasteiger partial charge in [0, 0.05) is 28.6 Å². The van der Waals surface area contributed by atoms with Crippen molar-refractivity contribution < 1.29 is 18.8 Å². The minimum absolute atomic E-state index is 0.266. The van der Waals surface area contributed by atoms with E-state index in [9.17, 15) is 14.4 Å². The number of anilines is 1. The average molecular weight is 531 g/mol. The van der Waals surface area contributed by atoms with Crippen LogP contribution in [-0.2, 0) is 17.8 Å². The highest BCUT2D eigenvalue weighted by Gasteiger charge is 2.53. The molecule has 1 saturated heterocycles. The Balaban J connectivity index is 1.22. The van der Waals surface area contributed by atoms with Crippen LogP contribution in [0.2, 0.25) is 0 Å². The number of rotatable bonds is 5. The summed E-state index contributed by atoms with van der Waals surface area (Å²) in [5.74, 6) is 0.105. The lowest BCUT2D eigenvalue weighted by molar-refractivity contribution is -0.120. The van der Waals surface area contributed by atoms with Crippen LogP contribution in [0, 0.1) is 6.92 Å². The number of imide groups is 1. The molecule has 2 aromatic heterocycles.